The molecule has 0 saturated heterocycles. The highest BCUT2D eigenvalue weighted by Crippen LogP contribution is 2.40. The molecular formula is C15H20BrFO. The van der Waals surface area contributed by atoms with E-state index in [0.717, 1.165) is 12.8 Å². The number of aliphatic hydroxyl groups is 1. The molecule has 1 aromatic carbocycles. The van der Waals surface area contributed by atoms with Gasteiger partial charge in [0.25, 0.3) is 0 Å². The number of hydrogen-bond donors (Lipinski definition) is 1. The quantitative estimate of drug-likeness (QED) is 0.839. The fourth-order valence-electron chi connectivity index (χ4n) is 3.24. The van der Waals surface area contributed by atoms with Crippen molar-refractivity contribution in [2.24, 2.45) is 17.8 Å². The third kappa shape index (κ3) is 3.12. The highest BCUT2D eigenvalue weighted by atomic mass is 79.9. The maximum absolute atomic E-state index is 13.5. The van der Waals surface area contributed by atoms with Crippen molar-refractivity contribution in [2.75, 3.05) is 0 Å². The molecule has 0 aromatic heterocycles. The molecule has 0 heterocycles. The number of aliphatic hydroxyl groups excluding tert-OH is 1. The summed E-state index contributed by atoms with van der Waals surface area (Å²) in [5.41, 5.74) is 0.696. The zero-order chi connectivity index (χ0) is 13.3. The molecule has 3 unspecified atom stereocenters. The molecule has 0 aliphatic heterocycles. The van der Waals surface area contributed by atoms with Crippen LogP contribution in [0.5, 0.6) is 0 Å². The van der Waals surface area contributed by atoms with Crippen LogP contribution in [0.1, 0.15) is 44.8 Å². The lowest BCUT2D eigenvalue weighted by molar-refractivity contribution is 0.0549. The average molecular weight is 315 g/mol. The first-order valence-electron chi connectivity index (χ1n) is 6.60. The third-order valence-electron chi connectivity index (χ3n) is 3.95. The van der Waals surface area contributed by atoms with E-state index in [1.165, 1.54) is 12.5 Å². The van der Waals surface area contributed by atoms with Gasteiger partial charge in [0.05, 0.1) is 10.6 Å². The van der Waals surface area contributed by atoms with Crippen molar-refractivity contribution in [2.45, 2.75) is 39.2 Å². The minimum atomic E-state index is -0.544. The minimum absolute atomic E-state index is 0.254. The third-order valence-corrected chi connectivity index (χ3v) is 4.59. The van der Waals surface area contributed by atoms with E-state index >= 15 is 0 Å². The van der Waals surface area contributed by atoms with Gasteiger partial charge in [-0.25, -0.2) is 4.39 Å². The summed E-state index contributed by atoms with van der Waals surface area (Å²) >= 11 is 3.14. The molecule has 2 rings (SSSR count). The van der Waals surface area contributed by atoms with Crippen LogP contribution in [0.2, 0.25) is 0 Å². The first kappa shape index (κ1) is 14.0. The van der Waals surface area contributed by atoms with Gasteiger partial charge >= 0.3 is 0 Å². The second-order valence-electron chi connectivity index (χ2n) is 5.80. The zero-order valence-electron chi connectivity index (χ0n) is 10.9. The topological polar surface area (TPSA) is 20.2 Å². The molecule has 1 nitrogen and oxygen atoms in total. The molecule has 3 atom stereocenters. The van der Waals surface area contributed by atoms with Crippen LogP contribution in [0, 0.1) is 23.6 Å². The Morgan fingerprint density at radius 3 is 2.39 bits per heavy atom. The summed E-state index contributed by atoms with van der Waals surface area (Å²) in [4.78, 5) is 0. The highest BCUT2D eigenvalue weighted by molar-refractivity contribution is 9.10. The molecule has 1 aliphatic carbocycles. The van der Waals surface area contributed by atoms with Crippen LogP contribution < -0.4 is 0 Å². The predicted octanol–water partition coefficient (Wildman–Crippen LogP) is 4.69. The average Bonchev–Trinajstić information content (AvgIpc) is 2.30. The molecule has 0 bridgehead atoms. The molecule has 0 spiro atoms. The predicted molar refractivity (Wildman–Crippen MR) is 74.7 cm³/mol. The zero-order valence-corrected chi connectivity index (χ0v) is 12.5. The Morgan fingerprint density at radius 2 is 1.83 bits per heavy atom. The van der Waals surface area contributed by atoms with Gasteiger partial charge in [-0.2, -0.15) is 0 Å². The van der Waals surface area contributed by atoms with E-state index in [1.807, 2.05) is 6.07 Å². The Labute approximate surface area is 117 Å². The van der Waals surface area contributed by atoms with Gasteiger partial charge < -0.3 is 5.11 Å². The largest absolute Gasteiger partial charge is 0.388 e. The van der Waals surface area contributed by atoms with E-state index in [4.69, 9.17) is 0 Å². The SMILES string of the molecule is CC1CC(C)CC(C(O)c2ccc(Br)c(F)c2)C1. The smallest absolute Gasteiger partial charge is 0.137 e. The summed E-state index contributed by atoms with van der Waals surface area (Å²) in [7, 11) is 0. The van der Waals surface area contributed by atoms with E-state index < -0.39 is 6.10 Å². The van der Waals surface area contributed by atoms with Crippen molar-refractivity contribution in [3.05, 3.63) is 34.1 Å². The Balaban J connectivity index is 2.14. The summed E-state index contributed by atoms with van der Waals surface area (Å²) in [5.74, 6) is 1.25. The van der Waals surface area contributed by atoms with Crippen molar-refractivity contribution in [3.63, 3.8) is 0 Å². The molecule has 1 fully saturated rings. The molecule has 3 heteroatoms. The van der Waals surface area contributed by atoms with Crippen molar-refractivity contribution in [3.8, 4) is 0 Å². The normalized spacial score (nSPS) is 30.2. The standard InChI is InChI=1S/C15H20BrFO/c1-9-5-10(2)7-12(6-9)15(18)11-3-4-13(16)14(17)8-11/h3-4,8-10,12,15,18H,5-7H2,1-2H3. The van der Waals surface area contributed by atoms with E-state index in [-0.39, 0.29) is 11.7 Å². The minimum Gasteiger partial charge on any atom is -0.388 e. The Morgan fingerprint density at radius 1 is 1.22 bits per heavy atom. The maximum Gasteiger partial charge on any atom is 0.137 e. The second-order valence-corrected chi connectivity index (χ2v) is 6.65. The van der Waals surface area contributed by atoms with Gasteiger partial charge in [-0.05, 0) is 70.6 Å². The molecule has 18 heavy (non-hydrogen) atoms. The lowest BCUT2D eigenvalue weighted by Crippen LogP contribution is -2.24. The lowest BCUT2D eigenvalue weighted by atomic mass is 9.73. The summed E-state index contributed by atoms with van der Waals surface area (Å²) in [6.45, 7) is 4.47. The molecule has 1 saturated carbocycles. The first-order chi connectivity index (χ1) is 8.47. The van der Waals surface area contributed by atoms with Crippen molar-refractivity contribution < 1.29 is 9.50 Å². The first-order valence-corrected chi connectivity index (χ1v) is 7.39. The summed E-state index contributed by atoms with van der Waals surface area (Å²) in [5, 5.41) is 10.4. The van der Waals surface area contributed by atoms with Crippen LogP contribution >= 0.6 is 15.9 Å². The van der Waals surface area contributed by atoms with Crippen molar-refractivity contribution in [1.29, 1.82) is 0 Å². The molecule has 1 aromatic rings. The van der Waals surface area contributed by atoms with Crippen LogP contribution in [0.15, 0.2) is 22.7 Å². The Hall–Kier alpha value is -0.410. The van der Waals surface area contributed by atoms with Gasteiger partial charge in [-0.1, -0.05) is 19.9 Å². The van der Waals surface area contributed by atoms with Crippen LogP contribution in [0.3, 0.4) is 0 Å². The summed E-state index contributed by atoms with van der Waals surface area (Å²) in [6, 6.07) is 4.92. The molecule has 1 N–H and O–H groups in total. The molecule has 0 radical (unpaired) electrons. The molecule has 1 aliphatic rings. The van der Waals surface area contributed by atoms with E-state index in [1.54, 1.807) is 6.07 Å². The van der Waals surface area contributed by atoms with E-state index in [0.29, 0.717) is 21.9 Å². The molecular weight excluding hydrogens is 295 g/mol. The monoisotopic (exact) mass is 314 g/mol. The van der Waals surface area contributed by atoms with E-state index in [2.05, 4.69) is 29.8 Å². The van der Waals surface area contributed by atoms with Crippen LogP contribution in [-0.2, 0) is 0 Å². The van der Waals surface area contributed by atoms with Gasteiger partial charge in [-0.15, -0.1) is 0 Å². The Bertz CT molecular complexity index is 411. The van der Waals surface area contributed by atoms with Gasteiger partial charge in [0.2, 0.25) is 0 Å². The number of hydrogen-bond acceptors (Lipinski definition) is 1. The number of rotatable bonds is 2. The van der Waals surface area contributed by atoms with Gasteiger partial charge in [0.15, 0.2) is 0 Å². The highest BCUT2D eigenvalue weighted by Gasteiger charge is 2.30. The summed E-state index contributed by atoms with van der Waals surface area (Å²) in [6.07, 6.45) is 2.75. The maximum atomic E-state index is 13.5. The van der Waals surface area contributed by atoms with Crippen molar-refractivity contribution in [1.82, 2.24) is 0 Å². The molecule has 0 amide bonds. The van der Waals surface area contributed by atoms with E-state index in [9.17, 15) is 9.50 Å². The summed E-state index contributed by atoms with van der Waals surface area (Å²) < 4.78 is 14.0. The van der Waals surface area contributed by atoms with Crippen LogP contribution in [-0.4, -0.2) is 5.11 Å². The second kappa shape index (κ2) is 5.70. The van der Waals surface area contributed by atoms with Crippen molar-refractivity contribution >= 4 is 15.9 Å². The fourth-order valence-corrected chi connectivity index (χ4v) is 3.48. The lowest BCUT2D eigenvalue weighted by Gasteiger charge is -2.34. The molecule has 100 valence electrons. The Kier molecular flexibility index (Phi) is 4.44. The fraction of sp³-hybridized carbons (Fsp3) is 0.600. The van der Waals surface area contributed by atoms with Gasteiger partial charge in [-0.3, -0.25) is 0 Å². The van der Waals surface area contributed by atoms with Gasteiger partial charge in [0.1, 0.15) is 5.82 Å². The van der Waals surface area contributed by atoms with Gasteiger partial charge in [0, 0.05) is 0 Å². The van der Waals surface area contributed by atoms with Crippen LogP contribution in [0.25, 0.3) is 0 Å². The van der Waals surface area contributed by atoms with Crippen LogP contribution in [0.4, 0.5) is 4.39 Å². The number of halogens is 2. The number of benzene rings is 1.